The zero-order chi connectivity index (χ0) is 20.0. The number of benzene rings is 2. The van der Waals surface area contributed by atoms with E-state index in [4.69, 9.17) is 0 Å². The van der Waals surface area contributed by atoms with Crippen molar-refractivity contribution in [3.8, 4) is 0 Å². The van der Waals surface area contributed by atoms with Gasteiger partial charge in [-0.2, -0.15) is 0 Å². The average molecular weight is 386 g/mol. The predicted molar refractivity (Wildman–Crippen MR) is 109 cm³/mol. The summed E-state index contributed by atoms with van der Waals surface area (Å²) in [4.78, 5) is 37.0. The van der Waals surface area contributed by atoms with Crippen LogP contribution in [0.5, 0.6) is 0 Å². The molecule has 6 nitrogen and oxygen atoms in total. The van der Waals surface area contributed by atoms with Gasteiger partial charge in [0, 0.05) is 0 Å². The third-order valence-corrected chi connectivity index (χ3v) is 6.05. The number of aromatic nitrogens is 2. The Morgan fingerprint density at radius 2 is 1.72 bits per heavy atom. The van der Waals surface area contributed by atoms with Crippen LogP contribution in [0.2, 0.25) is 0 Å². The van der Waals surface area contributed by atoms with E-state index in [1.165, 1.54) is 4.90 Å². The molecule has 3 aromatic rings. The summed E-state index contributed by atoms with van der Waals surface area (Å²) in [6, 6.07) is 15.2. The SMILES string of the molecule is Cc1nc2ccccc2nc1CN1C(=O)NC2(CCCCc3ccccc32)C1=O. The maximum absolute atomic E-state index is 13.6. The second-order valence-electron chi connectivity index (χ2n) is 7.84. The van der Waals surface area contributed by atoms with Crippen LogP contribution in [0.4, 0.5) is 4.79 Å². The van der Waals surface area contributed by atoms with Gasteiger partial charge in [-0.3, -0.25) is 9.69 Å². The lowest BCUT2D eigenvalue weighted by molar-refractivity contribution is -0.132. The van der Waals surface area contributed by atoms with E-state index in [1.807, 2.05) is 49.4 Å². The first-order valence-corrected chi connectivity index (χ1v) is 10.0. The van der Waals surface area contributed by atoms with Crippen LogP contribution in [-0.4, -0.2) is 26.8 Å². The Balaban J connectivity index is 1.53. The first-order valence-electron chi connectivity index (χ1n) is 10.0. The van der Waals surface area contributed by atoms with Crippen LogP contribution in [0, 0.1) is 6.92 Å². The van der Waals surface area contributed by atoms with Crippen LogP contribution in [0.3, 0.4) is 0 Å². The van der Waals surface area contributed by atoms with Gasteiger partial charge in [-0.05, 0) is 55.9 Å². The molecule has 1 fully saturated rings. The lowest BCUT2D eigenvalue weighted by Crippen LogP contribution is -2.44. The number of para-hydroxylation sites is 2. The summed E-state index contributed by atoms with van der Waals surface area (Å²) in [7, 11) is 0. The van der Waals surface area contributed by atoms with Gasteiger partial charge < -0.3 is 5.32 Å². The zero-order valence-corrected chi connectivity index (χ0v) is 16.3. The molecular weight excluding hydrogens is 364 g/mol. The molecule has 2 aliphatic rings. The number of imide groups is 1. The lowest BCUT2D eigenvalue weighted by atomic mass is 9.84. The van der Waals surface area contributed by atoms with E-state index in [1.54, 1.807) is 0 Å². The Bertz CT molecular complexity index is 1140. The second-order valence-corrected chi connectivity index (χ2v) is 7.84. The van der Waals surface area contributed by atoms with Crippen molar-refractivity contribution in [2.75, 3.05) is 0 Å². The molecule has 1 N–H and O–H groups in total. The molecule has 29 heavy (non-hydrogen) atoms. The lowest BCUT2D eigenvalue weighted by Gasteiger charge is -2.27. The zero-order valence-electron chi connectivity index (χ0n) is 16.3. The van der Waals surface area contributed by atoms with Crippen molar-refractivity contribution < 1.29 is 9.59 Å². The van der Waals surface area contributed by atoms with Gasteiger partial charge in [0.1, 0.15) is 5.54 Å². The number of hydrogen-bond donors (Lipinski definition) is 1. The van der Waals surface area contributed by atoms with E-state index in [-0.39, 0.29) is 18.5 Å². The summed E-state index contributed by atoms with van der Waals surface area (Å²) in [5.41, 5.74) is 4.04. The molecule has 6 heteroatoms. The minimum absolute atomic E-state index is 0.123. The van der Waals surface area contributed by atoms with Crippen molar-refractivity contribution >= 4 is 23.0 Å². The summed E-state index contributed by atoms with van der Waals surface area (Å²) >= 11 is 0. The monoisotopic (exact) mass is 386 g/mol. The Morgan fingerprint density at radius 3 is 2.55 bits per heavy atom. The minimum atomic E-state index is -0.970. The van der Waals surface area contributed by atoms with E-state index in [0.29, 0.717) is 12.1 Å². The van der Waals surface area contributed by atoms with Gasteiger partial charge in [0.15, 0.2) is 0 Å². The minimum Gasteiger partial charge on any atom is -0.319 e. The maximum atomic E-state index is 13.6. The van der Waals surface area contributed by atoms with Crippen LogP contribution in [-0.2, 0) is 23.3 Å². The molecule has 2 aromatic carbocycles. The molecule has 1 aliphatic heterocycles. The van der Waals surface area contributed by atoms with Crippen LogP contribution in [0.1, 0.15) is 41.8 Å². The smallest absolute Gasteiger partial charge is 0.319 e. The van der Waals surface area contributed by atoms with Gasteiger partial charge in [-0.1, -0.05) is 36.4 Å². The highest BCUT2D eigenvalue weighted by atomic mass is 16.2. The van der Waals surface area contributed by atoms with Gasteiger partial charge in [0.25, 0.3) is 5.91 Å². The van der Waals surface area contributed by atoms with E-state index in [9.17, 15) is 9.59 Å². The van der Waals surface area contributed by atoms with Crippen molar-refractivity contribution in [3.05, 3.63) is 71.0 Å². The van der Waals surface area contributed by atoms with Crippen LogP contribution >= 0.6 is 0 Å². The molecule has 1 spiro atoms. The topological polar surface area (TPSA) is 75.2 Å². The fraction of sp³-hybridized carbons (Fsp3) is 0.304. The van der Waals surface area contributed by atoms with Gasteiger partial charge in [-0.25, -0.2) is 14.8 Å². The Labute approximate surface area is 169 Å². The number of fused-ring (bicyclic) bond motifs is 3. The van der Waals surface area contributed by atoms with Crippen molar-refractivity contribution in [2.45, 2.75) is 44.7 Å². The molecule has 3 amide bonds. The van der Waals surface area contributed by atoms with Crippen molar-refractivity contribution in [1.29, 1.82) is 0 Å². The summed E-state index contributed by atoms with van der Waals surface area (Å²) in [5.74, 6) is -0.189. The number of carbonyl (C=O) groups excluding carboxylic acids is 2. The number of carbonyl (C=O) groups is 2. The van der Waals surface area contributed by atoms with Gasteiger partial charge >= 0.3 is 6.03 Å². The summed E-state index contributed by atoms with van der Waals surface area (Å²) in [5, 5.41) is 3.03. The largest absolute Gasteiger partial charge is 0.325 e. The fourth-order valence-electron chi connectivity index (χ4n) is 4.54. The molecule has 1 aromatic heterocycles. The predicted octanol–water partition coefficient (Wildman–Crippen LogP) is 3.61. The molecule has 1 atom stereocenters. The summed E-state index contributed by atoms with van der Waals surface area (Å²) in [6.07, 6.45) is 3.45. The van der Waals surface area contributed by atoms with Crippen LogP contribution in [0.25, 0.3) is 11.0 Å². The number of hydrogen-bond acceptors (Lipinski definition) is 4. The van der Waals surface area contributed by atoms with Gasteiger partial charge in [0.05, 0.1) is 29.0 Å². The molecule has 1 unspecified atom stereocenters. The fourth-order valence-corrected chi connectivity index (χ4v) is 4.54. The summed E-state index contributed by atoms with van der Waals surface area (Å²) < 4.78 is 0. The number of amides is 3. The number of rotatable bonds is 2. The molecule has 1 aliphatic carbocycles. The molecular formula is C23H22N4O2. The average Bonchev–Trinajstić information content (AvgIpc) is 2.87. The number of nitrogens with zero attached hydrogens (tertiary/aromatic N) is 3. The maximum Gasteiger partial charge on any atom is 0.325 e. The highest BCUT2D eigenvalue weighted by Crippen LogP contribution is 2.39. The number of aryl methyl sites for hydroxylation is 2. The molecule has 0 radical (unpaired) electrons. The standard InChI is InChI=1S/C23H22N4O2/c1-15-20(25-19-12-5-4-11-18(19)24-15)14-27-21(28)23(26-22(27)29)13-7-6-9-16-8-2-3-10-17(16)23/h2-5,8,10-12H,6-7,9,13-14H2,1H3,(H,26,29). The quantitative estimate of drug-likeness (QED) is 0.683. The highest BCUT2D eigenvalue weighted by Gasteiger charge is 2.53. The van der Waals surface area contributed by atoms with E-state index >= 15 is 0 Å². The van der Waals surface area contributed by atoms with E-state index < -0.39 is 5.54 Å². The van der Waals surface area contributed by atoms with Gasteiger partial charge in [-0.15, -0.1) is 0 Å². The third kappa shape index (κ3) is 2.78. The summed E-state index contributed by atoms with van der Waals surface area (Å²) in [6.45, 7) is 1.99. The molecule has 0 saturated carbocycles. The molecule has 146 valence electrons. The second kappa shape index (κ2) is 6.65. The van der Waals surface area contributed by atoms with Crippen LogP contribution in [0.15, 0.2) is 48.5 Å². The Morgan fingerprint density at radius 1 is 1.00 bits per heavy atom. The Hall–Kier alpha value is -3.28. The molecule has 1 saturated heterocycles. The highest BCUT2D eigenvalue weighted by molar-refractivity contribution is 6.07. The molecule has 2 heterocycles. The van der Waals surface area contributed by atoms with Crippen LogP contribution < -0.4 is 5.32 Å². The van der Waals surface area contributed by atoms with Gasteiger partial charge in [0.2, 0.25) is 0 Å². The van der Waals surface area contributed by atoms with Crippen molar-refractivity contribution in [2.24, 2.45) is 0 Å². The first kappa shape index (κ1) is 17.8. The van der Waals surface area contributed by atoms with Crippen molar-refractivity contribution in [1.82, 2.24) is 20.2 Å². The Kier molecular flexibility index (Phi) is 4.08. The first-order chi connectivity index (χ1) is 14.1. The molecule has 5 rings (SSSR count). The number of urea groups is 1. The normalized spacial score (nSPS) is 21.3. The van der Waals surface area contributed by atoms with E-state index in [2.05, 4.69) is 21.4 Å². The molecule has 0 bridgehead atoms. The number of nitrogens with one attached hydrogen (secondary N) is 1. The van der Waals surface area contributed by atoms with Crippen molar-refractivity contribution in [3.63, 3.8) is 0 Å². The third-order valence-electron chi connectivity index (χ3n) is 6.05. The van der Waals surface area contributed by atoms with E-state index in [0.717, 1.165) is 47.1 Å².